The molecule has 0 saturated carbocycles. The van der Waals surface area contributed by atoms with Gasteiger partial charge in [-0.25, -0.2) is 0 Å². The summed E-state index contributed by atoms with van der Waals surface area (Å²) in [5.41, 5.74) is -2.27. The summed E-state index contributed by atoms with van der Waals surface area (Å²) in [5, 5.41) is 12.5. The zero-order chi connectivity index (χ0) is 35.8. The molecule has 54 heavy (non-hydrogen) atoms. The molecule has 3 aromatic rings. The Labute approximate surface area is 464 Å². The van der Waals surface area contributed by atoms with Crippen LogP contribution in [0.1, 0.15) is 70.2 Å². The van der Waals surface area contributed by atoms with E-state index in [4.69, 9.17) is 0 Å². The second kappa shape index (κ2) is 43.3. The summed E-state index contributed by atoms with van der Waals surface area (Å²) < 4.78 is 0.950. The normalized spacial score (nSPS) is 7.65. The minimum Gasteiger partial charge on any atom is -0.596 e. The first-order chi connectivity index (χ1) is 20.5. The smallest absolute Gasteiger partial charge is 0.261 e. The van der Waals surface area contributed by atoms with Gasteiger partial charge in [0.1, 0.15) is 0 Å². The topological polar surface area (TPSA) is 280 Å². The maximum absolute atomic E-state index is 11.7. The van der Waals surface area contributed by atoms with Gasteiger partial charge in [0.2, 0.25) is 0 Å². The maximum Gasteiger partial charge on any atom is 0.261 e. The monoisotopic (exact) mass is 1210 g/mol. The number of imide groups is 4. The average Bonchev–Trinajstić information content (AvgIpc) is 3.23. The SMILES string of the molecule is C.C.CC(=O)[N-]C(C)=O.CC(=O)[N-]C(C)=O.CC(=O)[N-]C(C)=O.CC(=O)[N-]C(C)=O.Cn1c(=O)c2cc3c(=O)[n-]c(=O)c3cc2c1=O.[CH3-].[Y].[Y].[Y].[Y].[Y].[Y]. The van der Waals surface area contributed by atoms with Crippen LogP contribution in [-0.4, -0.2) is 51.8 Å². The van der Waals surface area contributed by atoms with Crippen molar-refractivity contribution in [2.75, 3.05) is 0 Å². The van der Waals surface area contributed by atoms with E-state index in [9.17, 15) is 57.5 Å². The number of aromatic nitrogens is 2. The van der Waals surface area contributed by atoms with Crippen LogP contribution < -0.4 is 27.2 Å². The summed E-state index contributed by atoms with van der Waals surface area (Å²) in [6, 6.07) is 2.54. The van der Waals surface area contributed by atoms with Gasteiger partial charge in [0.15, 0.2) is 0 Å². The molecule has 24 heteroatoms. The first-order valence-corrected chi connectivity index (χ1v) is 12.2. The first-order valence-electron chi connectivity index (χ1n) is 12.2. The molecule has 0 unspecified atom stereocenters. The van der Waals surface area contributed by atoms with Gasteiger partial charge in [0.25, 0.3) is 11.1 Å². The van der Waals surface area contributed by atoms with E-state index in [2.05, 4.69) is 26.3 Å². The Morgan fingerprint density at radius 3 is 0.722 bits per heavy atom. The average molecular weight is 1210 g/mol. The fourth-order valence-corrected chi connectivity index (χ4v) is 2.86. The molecule has 0 spiro atoms. The summed E-state index contributed by atoms with van der Waals surface area (Å²) in [6.07, 6.45) is 0. The van der Waals surface area contributed by atoms with E-state index in [1.165, 1.54) is 74.6 Å². The number of carbonyl (C=O) groups is 8. The van der Waals surface area contributed by atoms with Gasteiger partial charge >= 0.3 is 0 Å². The summed E-state index contributed by atoms with van der Waals surface area (Å²) in [6.45, 7) is 9.90. The Bertz CT molecular complexity index is 1630. The first kappa shape index (κ1) is 82.6. The summed E-state index contributed by atoms with van der Waals surface area (Å²) >= 11 is 0. The zero-order valence-corrected chi connectivity index (χ0v) is 47.2. The largest absolute Gasteiger partial charge is 0.596 e. The molecule has 18 nitrogen and oxygen atoms in total. The predicted molar refractivity (Wildman–Crippen MR) is 180 cm³/mol. The number of amides is 8. The van der Waals surface area contributed by atoms with E-state index < -0.39 is 69.5 Å². The van der Waals surface area contributed by atoms with Crippen molar-refractivity contribution in [1.82, 2.24) is 9.55 Å². The Balaban J connectivity index is -0.0000000489. The fourth-order valence-electron chi connectivity index (χ4n) is 2.86. The standard InChI is InChI=1S/C11H6N2O4.4C4H7NO2.2CH4.CH3.6Y/c1-13-10(16)6-2-4-5(3-7(6)11(13)17)9(15)12-8(4)14;4*1-3(6)5-4(2)7;;;;;;;;;/h2-3H,1H3,(H,12,14,15);4*1-2H3,(H,5,6,7);2*1H4;1H3;;;;;;/q;;;;;;;-1;;;;;;/p-5. The van der Waals surface area contributed by atoms with Gasteiger partial charge in [0.05, 0.1) is 69.1 Å². The molecule has 2 heterocycles. The molecule has 0 aliphatic carbocycles. The van der Waals surface area contributed by atoms with Crippen LogP contribution in [0.5, 0.6) is 0 Å². The van der Waals surface area contributed by atoms with Crippen LogP contribution in [0.25, 0.3) is 42.8 Å². The van der Waals surface area contributed by atoms with Crippen LogP contribution in [0.2, 0.25) is 0 Å². The van der Waals surface area contributed by atoms with Crippen LogP contribution >= 0.6 is 0 Å². The van der Waals surface area contributed by atoms with E-state index in [-0.39, 0.29) is 240 Å². The molecule has 0 atom stereocenters. The van der Waals surface area contributed by atoms with Gasteiger partial charge in [-0.2, -0.15) is 0 Å². The van der Waals surface area contributed by atoms with Crippen molar-refractivity contribution < 1.29 is 235 Å². The fraction of sp³-hybridized carbons (Fsp3) is 0.367. The summed E-state index contributed by atoms with van der Waals surface area (Å²) in [5.74, 6) is -3.50. The van der Waals surface area contributed by atoms with E-state index in [0.717, 1.165) is 4.57 Å². The predicted octanol–water partition coefficient (Wildman–Crippen LogP) is 2.12. The molecule has 0 saturated heterocycles. The van der Waals surface area contributed by atoms with Crippen molar-refractivity contribution in [3.63, 3.8) is 0 Å². The van der Waals surface area contributed by atoms with Crippen LogP contribution in [-0.2, 0) is 242 Å². The third-order valence-corrected chi connectivity index (χ3v) is 4.15. The van der Waals surface area contributed by atoms with Gasteiger partial charge < -0.3 is 81.6 Å². The van der Waals surface area contributed by atoms with Crippen molar-refractivity contribution in [2.45, 2.75) is 70.2 Å². The molecule has 2 aromatic heterocycles. The van der Waals surface area contributed by atoms with Crippen LogP contribution in [0, 0.1) is 7.43 Å². The molecule has 0 bridgehead atoms. The number of rotatable bonds is 0. The van der Waals surface area contributed by atoms with Crippen LogP contribution in [0.4, 0.5) is 0 Å². The van der Waals surface area contributed by atoms with Gasteiger partial charge in [-0.05, 0) is 67.5 Å². The van der Waals surface area contributed by atoms with Crippen molar-refractivity contribution in [3.05, 3.63) is 82.2 Å². The molecule has 0 fully saturated rings. The van der Waals surface area contributed by atoms with Crippen LogP contribution in [0.15, 0.2) is 31.3 Å². The van der Waals surface area contributed by atoms with E-state index in [1.807, 2.05) is 0 Å². The second-order valence-electron chi connectivity index (χ2n) is 8.43. The van der Waals surface area contributed by atoms with E-state index in [0.29, 0.717) is 0 Å². The number of hydrogen-bond acceptors (Lipinski definition) is 12. The van der Waals surface area contributed by atoms with Crippen molar-refractivity contribution in [1.29, 1.82) is 0 Å². The van der Waals surface area contributed by atoms with Gasteiger partial charge in [-0.1, -0.05) is 14.9 Å². The Morgan fingerprint density at radius 2 is 0.593 bits per heavy atom. The molecule has 0 aliphatic rings. The molecule has 6 radical (unpaired) electrons. The van der Waals surface area contributed by atoms with Crippen molar-refractivity contribution >= 4 is 68.8 Å². The molecule has 8 amide bonds. The third-order valence-electron chi connectivity index (χ3n) is 4.15. The van der Waals surface area contributed by atoms with E-state index in [1.54, 1.807) is 0 Å². The maximum atomic E-state index is 11.7. The molecular weight excluding hydrogens is 1170 g/mol. The molecule has 286 valence electrons. The van der Waals surface area contributed by atoms with Gasteiger partial charge in [0, 0.05) is 214 Å². The number of benzene rings is 1. The minimum absolute atomic E-state index is 0. The van der Waals surface area contributed by atoms with Gasteiger partial charge in [-0.15, -0.1) is 0 Å². The minimum atomic E-state index is -0.664. The molecule has 3 rings (SSSR count). The number of hydrogen-bond donors (Lipinski definition) is 0. The third kappa shape index (κ3) is 38.2. The number of carbonyl (C=O) groups excluding carboxylic acids is 8. The second-order valence-corrected chi connectivity index (χ2v) is 8.43. The summed E-state index contributed by atoms with van der Waals surface area (Å²) in [4.78, 5) is 128. The Hall–Kier alpha value is 0.683. The van der Waals surface area contributed by atoms with Crippen molar-refractivity contribution in [2.24, 2.45) is 7.05 Å². The van der Waals surface area contributed by atoms with Crippen molar-refractivity contribution in [3.8, 4) is 0 Å². The Morgan fingerprint density at radius 1 is 0.426 bits per heavy atom. The number of fused-ring (bicyclic) bond motifs is 2. The molecular formula is C30H40N6O12Y6-6. The van der Waals surface area contributed by atoms with E-state index >= 15 is 0 Å². The quantitative estimate of drug-likeness (QED) is 0.292. The van der Waals surface area contributed by atoms with Crippen LogP contribution in [0.3, 0.4) is 0 Å². The van der Waals surface area contributed by atoms with Gasteiger partial charge in [-0.3, -0.25) is 14.2 Å². The summed E-state index contributed by atoms with van der Waals surface area (Å²) in [7, 11) is 1.35. The zero-order valence-electron chi connectivity index (χ0n) is 30.2. The molecule has 1 aromatic carbocycles. The molecule has 0 aliphatic heterocycles. The Kier molecular flexibility index (Phi) is 66.2. The molecule has 0 N–H and O–H groups in total. The number of nitrogens with zero attached hydrogens (tertiary/aromatic N) is 6.